The molecule has 0 fully saturated rings. The molecule has 2 heterocycles. The van der Waals surface area contributed by atoms with Crippen LogP contribution in [0.15, 0.2) is 28.7 Å². The summed E-state index contributed by atoms with van der Waals surface area (Å²) in [5.41, 5.74) is 1.05. The van der Waals surface area contributed by atoms with Crippen LogP contribution in [0.25, 0.3) is 0 Å². The number of rotatable bonds is 4. The highest BCUT2D eigenvalue weighted by molar-refractivity contribution is 5.93. The third-order valence-electron chi connectivity index (χ3n) is 3.75. The molecule has 0 saturated heterocycles. The van der Waals surface area contributed by atoms with Crippen LogP contribution in [-0.4, -0.2) is 30.1 Å². The number of hydrogen-bond acceptors (Lipinski definition) is 6. The number of aromatic nitrogens is 1. The molecule has 1 amide bonds. The first-order valence-corrected chi connectivity index (χ1v) is 7.74. The highest BCUT2D eigenvalue weighted by Crippen LogP contribution is 2.27. The number of amides is 1. The third-order valence-corrected chi connectivity index (χ3v) is 3.75. The lowest BCUT2D eigenvalue weighted by Crippen LogP contribution is -2.32. The molecule has 1 aliphatic heterocycles. The first-order valence-electron chi connectivity index (χ1n) is 7.74. The molecule has 0 radical (unpaired) electrons. The van der Waals surface area contributed by atoms with Gasteiger partial charge in [-0.1, -0.05) is 18.2 Å². The van der Waals surface area contributed by atoms with Gasteiger partial charge < -0.3 is 13.9 Å². The number of carbonyl (C=O) groups is 2. The van der Waals surface area contributed by atoms with E-state index in [2.05, 4.69) is 10.3 Å². The van der Waals surface area contributed by atoms with Crippen molar-refractivity contribution in [1.29, 1.82) is 0 Å². The summed E-state index contributed by atoms with van der Waals surface area (Å²) in [7, 11) is 0. The molecular weight excluding hydrogens is 312 g/mol. The van der Waals surface area contributed by atoms with E-state index < -0.39 is 5.97 Å². The number of benzene rings is 1. The lowest BCUT2D eigenvalue weighted by Gasteiger charge is -2.23. The Balaban J connectivity index is 1.68. The average Bonchev–Trinajstić information content (AvgIpc) is 2.95. The Labute approximate surface area is 139 Å². The van der Waals surface area contributed by atoms with Crippen LogP contribution in [0.5, 0.6) is 5.75 Å². The summed E-state index contributed by atoms with van der Waals surface area (Å²) in [6.07, 6.45) is 0.576. The van der Waals surface area contributed by atoms with Crippen molar-refractivity contribution in [2.24, 2.45) is 5.92 Å². The summed E-state index contributed by atoms with van der Waals surface area (Å²) >= 11 is 0. The summed E-state index contributed by atoms with van der Waals surface area (Å²) in [6, 6.07) is 7.60. The Hall–Kier alpha value is -2.83. The van der Waals surface area contributed by atoms with Crippen molar-refractivity contribution >= 4 is 17.9 Å². The number of nitrogens with one attached hydrogen (secondary N) is 1. The molecule has 1 unspecified atom stereocenters. The predicted octanol–water partition coefficient (Wildman–Crippen LogP) is 2.35. The van der Waals surface area contributed by atoms with Crippen molar-refractivity contribution in [2.45, 2.75) is 20.3 Å². The van der Waals surface area contributed by atoms with E-state index in [4.69, 9.17) is 13.9 Å². The van der Waals surface area contributed by atoms with Crippen LogP contribution in [0.1, 0.15) is 28.7 Å². The van der Waals surface area contributed by atoms with Crippen LogP contribution in [-0.2, 0) is 16.0 Å². The summed E-state index contributed by atoms with van der Waals surface area (Å²) in [6.45, 7) is 3.82. The van der Waals surface area contributed by atoms with Gasteiger partial charge >= 0.3 is 12.0 Å². The number of anilines is 1. The van der Waals surface area contributed by atoms with E-state index in [0.29, 0.717) is 12.2 Å². The van der Waals surface area contributed by atoms with Gasteiger partial charge in [-0.2, -0.15) is 4.98 Å². The first kappa shape index (κ1) is 16.0. The van der Waals surface area contributed by atoms with E-state index in [0.717, 1.165) is 11.3 Å². The fourth-order valence-electron chi connectivity index (χ4n) is 2.54. The molecule has 1 N–H and O–H groups in total. The number of carbonyl (C=O) groups excluding carboxylic acids is 2. The van der Waals surface area contributed by atoms with Gasteiger partial charge in [0.25, 0.3) is 0 Å². The monoisotopic (exact) mass is 330 g/mol. The molecule has 7 heteroatoms. The minimum Gasteiger partial charge on any atom is -0.492 e. The number of fused-ring (bicyclic) bond motifs is 1. The number of para-hydroxylation sites is 1. The molecular formula is C17H18N2O5. The molecule has 3 rings (SSSR count). The smallest absolute Gasteiger partial charge is 0.360 e. The van der Waals surface area contributed by atoms with Gasteiger partial charge in [-0.15, -0.1) is 0 Å². The molecule has 0 spiro atoms. The quantitative estimate of drug-likeness (QED) is 0.865. The van der Waals surface area contributed by atoms with Gasteiger partial charge in [0.1, 0.15) is 18.1 Å². The van der Waals surface area contributed by atoms with E-state index in [1.165, 1.54) is 0 Å². The van der Waals surface area contributed by atoms with Crippen molar-refractivity contribution in [3.05, 3.63) is 41.3 Å². The molecule has 1 aromatic heterocycles. The molecule has 24 heavy (non-hydrogen) atoms. The van der Waals surface area contributed by atoms with E-state index in [1.54, 1.807) is 13.8 Å². The molecule has 0 bridgehead atoms. The number of esters is 1. The van der Waals surface area contributed by atoms with E-state index in [-0.39, 0.29) is 36.7 Å². The first-order chi connectivity index (χ1) is 11.6. The van der Waals surface area contributed by atoms with Crippen molar-refractivity contribution in [3.8, 4) is 5.75 Å². The largest absolute Gasteiger partial charge is 0.492 e. The standard InChI is InChI=1S/C17H18N2O5/c1-3-22-16(21)14-10(2)24-17(18-14)19-15(20)12-8-11-6-4-5-7-13(11)23-9-12/h4-7,12H,3,8-9H2,1-2H3,(H,18,19,20). The van der Waals surface area contributed by atoms with Crippen molar-refractivity contribution < 1.29 is 23.5 Å². The Bertz CT molecular complexity index is 768. The van der Waals surface area contributed by atoms with Gasteiger partial charge in [-0.05, 0) is 31.9 Å². The van der Waals surface area contributed by atoms with Gasteiger partial charge in [0.05, 0.1) is 12.5 Å². The predicted molar refractivity (Wildman–Crippen MR) is 85.0 cm³/mol. The van der Waals surface area contributed by atoms with Crippen LogP contribution in [0, 0.1) is 12.8 Å². The van der Waals surface area contributed by atoms with Crippen LogP contribution < -0.4 is 10.1 Å². The fourth-order valence-corrected chi connectivity index (χ4v) is 2.54. The van der Waals surface area contributed by atoms with Crippen molar-refractivity contribution in [2.75, 3.05) is 18.5 Å². The highest BCUT2D eigenvalue weighted by Gasteiger charge is 2.27. The van der Waals surface area contributed by atoms with E-state index in [9.17, 15) is 9.59 Å². The second kappa shape index (κ2) is 6.74. The Morgan fingerprint density at radius 2 is 2.17 bits per heavy atom. The molecule has 1 aliphatic rings. The number of ether oxygens (including phenoxy) is 2. The average molecular weight is 330 g/mol. The molecule has 0 saturated carbocycles. The molecule has 0 aliphatic carbocycles. The molecule has 1 aromatic carbocycles. The minimum absolute atomic E-state index is 0.0144. The molecule has 1 atom stereocenters. The summed E-state index contributed by atoms with van der Waals surface area (Å²) < 4.78 is 15.8. The maximum Gasteiger partial charge on any atom is 0.360 e. The van der Waals surface area contributed by atoms with Gasteiger partial charge in [0.15, 0.2) is 5.69 Å². The normalized spacial score (nSPS) is 16.0. The van der Waals surface area contributed by atoms with Gasteiger partial charge in [-0.25, -0.2) is 4.79 Å². The van der Waals surface area contributed by atoms with E-state index >= 15 is 0 Å². The van der Waals surface area contributed by atoms with Gasteiger partial charge in [0.2, 0.25) is 5.91 Å². The van der Waals surface area contributed by atoms with Crippen LogP contribution >= 0.6 is 0 Å². The summed E-state index contributed by atoms with van der Waals surface area (Å²) in [4.78, 5) is 28.1. The number of nitrogens with zero attached hydrogens (tertiary/aromatic N) is 1. The number of hydrogen-bond donors (Lipinski definition) is 1. The van der Waals surface area contributed by atoms with Crippen molar-refractivity contribution in [1.82, 2.24) is 4.98 Å². The molecule has 126 valence electrons. The van der Waals surface area contributed by atoms with Crippen LogP contribution in [0.3, 0.4) is 0 Å². The Kier molecular flexibility index (Phi) is 4.50. The topological polar surface area (TPSA) is 90.7 Å². The highest BCUT2D eigenvalue weighted by atomic mass is 16.5. The maximum absolute atomic E-state index is 12.4. The van der Waals surface area contributed by atoms with E-state index in [1.807, 2.05) is 24.3 Å². The molecule has 2 aromatic rings. The summed E-state index contributed by atoms with van der Waals surface area (Å²) in [5.74, 6) is -0.0828. The summed E-state index contributed by atoms with van der Waals surface area (Å²) in [5, 5.41) is 2.60. The second-order valence-corrected chi connectivity index (χ2v) is 5.45. The fraction of sp³-hybridized carbons (Fsp3) is 0.353. The lowest BCUT2D eigenvalue weighted by molar-refractivity contribution is -0.121. The minimum atomic E-state index is -0.575. The van der Waals surface area contributed by atoms with Crippen LogP contribution in [0.4, 0.5) is 6.01 Å². The Morgan fingerprint density at radius 1 is 1.38 bits per heavy atom. The SMILES string of the molecule is CCOC(=O)c1nc(NC(=O)C2COc3ccccc3C2)oc1C. The zero-order valence-corrected chi connectivity index (χ0v) is 13.5. The maximum atomic E-state index is 12.4. The zero-order valence-electron chi connectivity index (χ0n) is 13.5. The van der Waals surface area contributed by atoms with Gasteiger partial charge in [0, 0.05) is 0 Å². The number of aryl methyl sites for hydroxylation is 1. The van der Waals surface area contributed by atoms with Crippen molar-refractivity contribution in [3.63, 3.8) is 0 Å². The van der Waals surface area contributed by atoms with Crippen LogP contribution in [0.2, 0.25) is 0 Å². The lowest BCUT2D eigenvalue weighted by atomic mass is 9.96. The zero-order chi connectivity index (χ0) is 17.1. The second-order valence-electron chi connectivity index (χ2n) is 5.45. The molecule has 7 nitrogen and oxygen atoms in total. The third kappa shape index (κ3) is 3.24. The number of oxazole rings is 1. The van der Waals surface area contributed by atoms with Gasteiger partial charge in [-0.3, -0.25) is 10.1 Å². The Morgan fingerprint density at radius 3 is 2.96 bits per heavy atom.